The Labute approximate surface area is 311 Å². The van der Waals surface area contributed by atoms with Crippen molar-refractivity contribution >= 4 is 46.4 Å². The van der Waals surface area contributed by atoms with Gasteiger partial charge >= 0.3 is 12.2 Å². The summed E-state index contributed by atoms with van der Waals surface area (Å²) >= 11 is 0. The lowest BCUT2D eigenvalue weighted by molar-refractivity contribution is -0.137. The molecular formula is C39H43F3N8O4. The van der Waals surface area contributed by atoms with Gasteiger partial charge in [0.25, 0.3) is 5.91 Å². The summed E-state index contributed by atoms with van der Waals surface area (Å²) in [4.78, 5) is 48.7. The van der Waals surface area contributed by atoms with Gasteiger partial charge in [-0.1, -0.05) is 12.1 Å². The number of piperidine rings is 1. The first-order chi connectivity index (χ1) is 25.8. The standard InChI is InChI=1S/C39H43F3N8O4/c1-23(2)54-34-18-29(25-11-14-49(15-12-25)22-26-9-10-27(20-44-26)50-16-13-36(51)48-38(50)53)24(3)17-33(34)47-35-19-32(30(21-45-35)39(40,41)42)46-31-8-6-5-7-28(31)37(52)43-4/h5-10,17-21,23,25H,11-16,22H2,1-4H3,(H,43,52)(H2,45,46,47)(H,48,51,53). The average molecular weight is 745 g/mol. The highest BCUT2D eigenvalue weighted by atomic mass is 19.4. The number of imide groups is 1. The second kappa shape index (κ2) is 16.1. The summed E-state index contributed by atoms with van der Waals surface area (Å²) in [6.07, 6.45) is -0.384. The topological polar surface area (TPSA) is 141 Å². The van der Waals surface area contributed by atoms with Crippen LogP contribution in [-0.2, 0) is 17.5 Å². The molecule has 0 bridgehead atoms. The van der Waals surface area contributed by atoms with E-state index in [9.17, 15) is 27.6 Å². The maximum absolute atomic E-state index is 14.1. The van der Waals surface area contributed by atoms with Gasteiger partial charge in [-0.15, -0.1) is 0 Å². The van der Waals surface area contributed by atoms with Gasteiger partial charge in [-0.05, 0) is 100 Å². The fraction of sp³-hybridized carbons (Fsp3) is 0.359. The molecule has 54 heavy (non-hydrogen) atoms. The lowest BCUT2D eigenvalue weighted by Crippen LogP contribution is -2.49. The van der Waals surface area contributed by atoms with Crippen LogP contribution < -0.4 is 30.9 Å². The van der Waals surface area contributed by atoms with Crippen molar-refractivity contribution in [3.63, 3.8) is 0 Å². The van der Waals surface area contributed by atoms with E-state index in [0.717, 1.165) is 48.9 Å². The number of likely N-dealkylation sites (tertiary alicyclic amines) is 1. The predicted molar refractivity (Wildman–Crippen MR) is 200 cm³/mol. The Hall–Kier alpha value is -5.70. The van der Waals surface area contributed by atoms with Crippen LogP contribution in [0.25, 0.3) is 0 Å². The molecular weight excluding hydrogens is 701 g/mol. The maximum Gasteiger partial charge on any atom is 0.419 e. The van der Waals surface area contributed by atoms with Crippen molar-refractivity contribution in [2.24, 2.45) is 0 Å². The van der Waals surface area contributed by atoms with E-state index in [-0.39, 0.29) is 47.1 Å². The summed E-state index contributed by atoms with van der Waals surface area (Å²) in [6.45, 7) is 8.51. The van der Waals surface area contributed by atoms with Crippen LogP contribution in [0.2, 0.25) is 0 Å². The number of halogens is 3. The number of urea groups is 1. The number of ether oxygens (including phenoxy) is 1. The summed E-state index contributed by atoms with van der Waals surface area (Å²) in [7, 11) is 1.45. The number of nitrogens with one attached hydrogen (secondary N) is 4. The van der Waals surface area contributed by atoms with Gasteiger partial charge in [-0.3, -0.25) is 29.7 Å². The van der Waals surface area contributed by atoms with Crippen molar-refractivity contribution in [3.8, 4) is 5.75 Å². The molecule has 12 nitrogen and oxygen atoms in total. The number of carbonyl (C=O) groups excluding carboxylic acids is 3. The van der Waals surface area contributed by atoms with Crippen LogP contribution in [0, 0.1) is 6.92 Å². The molecule has 15 heteroatoms. The number of amides is 4. The third kappa shape index (κ3) is 8.90. The van der Waals surface area contributed by atoms with Crippen LogP contribution in [0.3, 0.4) is 0 Å². The van der Waals surface area contributed by atoms with Gasteiger partial charge in [0.1, 0.15) is 11.6 Å². The van der Waals surface area contributed by atoms with Gasteiger partial charge in [0.15, 0.2) is 0 Å². The molecule has 2 aliphatic rings. The number of para-hydroxylation sites is 1. The monoisotopic (exact) mass is 744 g/mol. The van der Waals surface area contributed by atoms with E-state index in [4.69, 9.17) is 4.74 Å². The number of anilines is 5. The van der Waals surface area contributed by atoms with Crippen molar-refractivity contribution in [1.82, 2.24) is 25.5 Å². The number of pyridine rings is 2. The number of aromatic nitrogens is 2. The van der Waals surface area contributed by atoms with Crippen molar-refractivity contribution in [2.45, 2.75) is 64.8 Å². The van der Waals surface area contributed by atoms with E-state index in [1.54, 1.807) is 18.3 Å². The first-order valence-electron chi connectivity index (χ1n) is 17.8. The molecule has 2 aromatic heterocycles. The zero-order valence-electron chi connectivity index (χ0n) is 30.5. The van der Waals surface area contributed by atoms with E-state index in [2.05, 4.69) is 36.1 Å². The second-order valence-electron chi connectivity index (χ2n) is 13.7. The van der Waals surface area contributed by atoms with Crippen molar-refractivity contribution in [1.29, 1.82) is 0 Å². The molecule has 284 valence electrons. The number of rotatable bonds is 11. The quantitative estimate of drug-likeness (QED) is 0.125. The smallest absolute Gasteiger partial charge is 0.419 e. The van der Waals surface area contributed by atoms with Crippen LogP contribution in [-0.4, -0.2) is 65.5 Å². The van der Waals surface area contributed by atoms with Crippen molar-refractivity contribution < 1.29 is 32.3 Å². The summed E-state index contributed by atoms with van der Waals surface area (Å²) in [5.74, 6) is 0.265. The minimum Gasteiger partial charge on any atom is -0.489 e. The molecule has 0 spiro atoms. The zero-order valence-corrected chi connectivity index (χ0v) is 30.5. The molecule has 0 radical (unpaired) electrons. The molecule has 2 fully saturated rings. The number of aryl methyl sites for hydroxylation is 1. The van der Waals surface area contributed by atoms with Gasteiger partial charge in [0.05, 0.1) is 51.9 Å². The normalized spacial score (nSPS) is 15.6. The molecule has 0 atom stereocenters. The van der Waals surface area contributed by atoms with Gasteiger partial charge < -0.3 is 20.7 Å². The molecule has 2 aliphatic heterocycles. The van der Waals surface area contributed by atoms with E-state index in [1.807, 2.05) is 45.0 Å². The Morgan fingerprint density at radius 1 is 0.963 bits per heavy atom. The summed E-state index contributed by atoms with van der Waals surface area (Å²) < 4.78 is 48.6. The Bertz CT molecular complexity index is 2010. The Balaban J connectivity index is 1.16. The Morgan fingerprint density at radius 3 is 2.39 bits per heavy atom. The number of carbonyl (C=O) groups is 3. The predicted octanol–water partition coefficient (Wildman–Crippen LogP) is 7.26. The van der Waals surface area contributed by atoms with Gasteiger partial charge in [0.2, 0.25) is 5.91 Å². The lowest BCUT2D eigenvalue weighted by atomic mass is 9.86. The van der Waals surface area contributed by atoms with E-state index >= 15 is 0 Å². The number of benzene rings is 2. The summed E-state index contributed by atoms with van der Waals surface area (Å²) in [5.41, 5.74) is 3.42. The third-order valence-electron chi connectivity index (χ3n) is 9.46. The Kier molecular flexibility index (Phi) is 11.4. The third-order valence-corrected chi connectivity index (χ3v) is 9.46. The average Bonchev–Trinajstić information content (AvgIpc) is 3.13. The second-order valence-corrected chi connectivity index (χ2v) is 13.7. The molecule has 4 N–H and O–H groups in total. The molecule has 4 aromatic rings. The summed E-state index contributed by atoms with van der Waals surface area (Å²) in [6, 6.07) is 14.9. The molecule has 2 aromatic carbocycles. The van der Waals surface area contributed by atoms with E-state index < -0.39 is 23.7 Å². The van der Waals surface area contributed by atoms with E-state index in [0.29, 0.717) is 30.2 Å². The van der Waals surface area contributed by atoms with Crippen molar-refractivity contribution in [3.05, 3.63) is 94.9 Å². The van der Waals surface area contributed by atoms with Crippen LogP contribution in [0.5, 0.6) is 5.75 Å². The minimum atomic E-state index is -4.70. The van der Waals surface area contributed by atoms with Crippen molar-refractivity contribution in [2.75, 3.05) is 42.2 Å². The van der Waals surface area contributed by atoms with Gasteiger partial charge in [-0.2, -0.15) is 13.2 Å². The van der Waals surface area contributed by atoms with Gasteiger partial charge in [0, 0.05) is 38.8 Å². The lowest BCUT2D eigenvalue weighted by Gasteiger charge is -2.33. The number of alkyl halides is 3. The van der Waals surface area contributed by atoms with Crippen LogP contribution in [0.1, 0.15) is 71.8 Å². The highest BCUT2D eigenvalue weighted by Gasteiger charge is 2.35. The van der Waals surface area contributed by atoms with Gasteiger partial charge in [-0.25, -0.2) is 9.78 Å². The SMILES string of the molecule is CNC(=O)c1ccccc1Nc1cc(Nc2cc(C)c(C3CCN(Cc4ccc(N5CCC(=O)NC5=O)cn4)CC3)cc2OC(C)C)ncc1C(F)(F)F. The van der Waals surface area contributed by atoms with Crippen LogP contribution in [0.4, 0.5) is 46.5 Å². The van der Waals surface area contributed by atoms with Crippen LogP contribution >= 0.6 is 0 Å². The molecule has 0 aliphatic carbocycles. The summed E-state index contributed by atoms with van der Waals surface area (Å²) in [5, 5.41) is 10.8. The molecule has 0 saturated carbocycles. The van der Waals surface area contributed by atoms with Crippen LogP contribution in [0.15, 0.2) is 67.0 Å². The largest absolute Gasteiger partial charge is 0.489 e. The first-order valence-corrected chi connectivity index (χ1v) is 17.8. The fourth-order valence-electron chi connectivity index (χ4n) is 6.77. The fourth-order valence-corrected chi connectivity index (χ4v) is 6.77. The highest BCUT2D eigenvalue weighted by molar-refractivity contribution is 6.05. The number of nitrogens with zero attached hydrogens (tertiary/aromatic N) is 4. The number of hydrogen-bond acceptors (Lipinski definition) is 9. The zero-order chi connectivity index (χ0) is 38.6. The molecule has 6 rings (SSSR count). The minimum absolute atomic E-state index is 0.160. The first kappa shape index (κ1) is 38.0. The number of hydrogen-bond donors (Lipinski definition) is 4. The van der Waals surface area contributed by atoms with E-state index in [1.165, 1.54) is 30.1 Å². The molecule has 0 unspecified atom stereocenters. The highest BCUT2D eigenvalue weighted by Crippen LogP contribution is 2.41. The Morgan fingerprint density at radius 2 is 1.72 bits per heavy atom. The molecule has 4 heterocycles. The maximum atomic E-state index is 14.1. The molecule has 2 saturated heterocycles. The molecule has 4 amide bonds.